The molecule has 1 unspecified atom stereocenters. The SMILES string of the molecule is Cc1cccc2c1C(C)(O)C(=O)N2C. The quantitative estimate of drug-likeness (QED) is 0.669. The van der Waals surface area contributed by atoms with Crippen LogP contribution < -0.4 is 4.90 Å². The fraction of sp³-hybridized carbons (Fsp3) is 0.364. The molecule has 74 valence electrons. The molecule has 0 saturated carbocycles. The highest BCUT2D eigenvalue weighted by molar-refractivity contribution is 6.06. The fourth-order valence-corrected chi connectivity index (χ4v) is 2.11. The molecule has 14 heavy (non-hydrogen) atoms. The Morgan fingerprint density at radius 1 is 1.43 bits per heavy atom. The smallest absolute Gasteiger partial charge is 0.263 e. The summed E-state index contributed by atoms with van der Waals surface area (Å²) in [6, 6.07) is 5.64. The fourth-order valence-electron chi connectivity index (χ4n) is 2.11. The maximum atomic E-state index is 11.7. The highest BCUT2D eigenvalue weighted by atomic mass is 16.3. The maximum absolute atomic E-state index is 11.7. The van der Waals surface area contributed by atoms with E-state index < -0.39 is 5.60 Å². The van der Waals surface area contributed by atoms with E-state index in [0.717, 1.165) is 16.8 Å². The summed E-state index contributed by atoms with van der Waals surface area (Å²) in [6.45, 7) is 3.45. The summed E-state index contributed by atoms with van der Waals surface area (Å²) in [5.41, 5.74) is 1.12. The first-order valence-corrected chi connectivity index (χ1v) is 4.57. The molecule has 0 bridgehead atoms. The van der Waals surface area contributed by atoms with E-state index in [1.807, 2.05) is 25.1 Å². The van der Waals surface area contributed by atoms with Gasteiger partial charge in [-0.3, -0.25) is 4.79 Å². The van der Waals surface area contributed by atoms with Crippen molar-refractivity contribution in [2.75, 3.05) is 11.9 Å². The molecule has 1 aliphatic heterocycles. The number of nitrogens with zero attached hydrogens (tertiary/aromatic N) is 1. The lowest BCUT2D eigenvalue weighted by atomic mass is 9.94. The van der Waals surface area contributed by atoms with Crippen molar-refractivity contribution in [3.8, 4) is 0 Å². The summed E-state index contributed by atoms with van der Waals surface area (Å²) >= 11 is 0. The number of carbonyl (C=O) groups is 1. The Labute approximate surface area is 83.0 Å². The molecule has 3 heteroatoms. The lowest BCUT2D eigenvalue weighted by Gasteiger charge is -2.16. The first-order chi connectivity index (χ1) is 6.46. The topological polar surface area (TPSA) is 40.5 Å². The van der Waals surface area contributed by atoms with Crippen molar-refractivity contribution in [3.05, 3.63) is 29.3 Å². The summed E-state index contributed by atoms with van der Waals surface area (Å²) in [7, 11) is 1.68. The number of hydrogen-bond acceptors (Lipinski definition) is 2. The third kappa shape index (κ3) is 0.930. The summed E-state index contributed by atoms with van der Waals surface area (Å²) in [5.74, 6) is -0.262. The Kier molecular flexibility index (Phi) is 1.70. The second-order valence-electron chi connectivity index (χ2n) is 3.91. The number of fused-ring (bicyclic) bond motifs is 1. The second-order valence-corrected chi connectivity index (χ2v) is 3.91. The van der Waals surface area contributed by atoms with E-state index in [9.17, 15) is 9.90 Å². The van der Waals surface area contributed by atoms with Gasteiger partial charge in [0.15, 0.2) is 5.60 Å². The minimum absolute atomic E-state index is 0.262. The molecular weight excluding hydrogens is 178 g/mol. The molecule has 1 aliphatic rings. The third-order valence-corrected chi connectivity index (χ3v) is 2.82. The van der Waals surface area contributed by atoms with E-state index in [2.05, 4.69) is 0 Å². The first-order valence-electron chi connectivity index (χ1n) is 4.57. The van der Waals surface area contributed by atoms with Crippen LogP contribution in [-0.4, -0.2) is 18.1 Å². The molecule has 1 atom stereocenters. The number of likely N-dealkylation sites (N-methyl/N-ethyl adjacent to an activating group) is 1. The molecule has 0 aliphatic carbocycles. The average Bonchev–Trinajstić information content (AvgIpc) is 2.29. The van der Waals surface area contributed by atoms with Gasteiger partial charge < -0.3 is 10.0 Å². The molecule has 1 amide bonds. The van der Waals surface area contributed by atoms with E-state index >= 15 is 0 Å². The number of amides is 1. The lowest BCUT2D eigenvalue weighted by Crippen LogP contribution is -2.35. The second kappa shape index (κ2) is 2.58. The van der Waals surface area contributed by atoms with Gasteiger partial charge in [0.05, 0.1) is 5.69 Å². The van der Waals surface area contributed by atoms with Gasteiger partial charge in [-0.1, -0.05) is 12.1 Å². The molecule has 0 aromatic heterocycles. The number of hydrogen-bond donors (Lipinski definition) is 1. The molecule has 1 aromatic carbocycles. The summed E-state index contributed by atoms with van der Waals surface area (Å²) in [6.07, 6.45) is 0. The van der Waals surface area contributed by atoms with Gasteiger partial charge in [-0.05, 0) is 25.5 Å². The predicted molar refractivity (Wildman–Crippen MR) is 54.2 cm³/mol. The lowest BCUT2D eigenvalue weighted by molar-refractivity contribution is -0.134. The largest absolute Gasteiger partial charge is 0.375 e. The first kappa shape index (κ1) is 9.21. The zero-order valence-electron chi connectivity index (χ0n) is 8.53. The number of aliphatic hydroxyl groups is 1. The van der Waals surface area contributed by atoms with Crippen LogP contribution in [0.3, 0.4) is 0 Å². The number of benzene rings is 1. The number of aryl methyl sites for hydroxylation is 1. The van der Waals surface area contributed by atoms with Gasteiger partial charge in [0.2, 0.25) is 0 Å². The van der Waals surface area contributed by atoms with Crippen LogP contribution in [0.4, 0.5) is 5.69 Å². The molecule has 1 N–H and O–H groups in total. The highest BCUT2D eigenvalue weighted by Crippen LogP contribution is 2.40. The van der Waals surface area contributed by atoms with Crippen molar-refractivity contribution in [1.82, 2.24) is 0 Å². The summed E-state index contributed by atoms with van der Waals surface area (Å²) < 4.78 is 0. The Morgan fingerprint density at radius 2 is 2.07 bits per heavy atom. The van der Waals surface area contributed by atoms with E-state index in [-0.39, 0.29) is 5.91 Å². The van der Waals surface area contributed by atoms with Gasteiger partial charge in [-0.25, -0.2) is 0 Å². The molecule has 0 fully saturated rings. The van der Waals surface area contributed by atoms with Gasteiger partial charge in [0.1, 0.15) is 0 Å². The maximum Gasteiger partial charge on any atom is 0.263 e. The normalized spacial score (nSPS) is 25.4. The van der Waals surface area contributed by atoms with Gasteiger partial charge in [0.25, 0.3) is 5.91 Å². The number of anilines is 1. The van der Waals surface area contributed by atoms with E-state index in [0.29, 0.717) is 0 Å². The Morgan fingerprint density at radius 3 is 2.64 bits per heavy atom. The average molecular weight is 191 g/mol. The van der Waals surface area contributed by atoms with Crippen LogP contribution >= 0.6 is 0 Å². The third-order valence-electron chi connectivity index (χ3n) is 2.82. The minimum Gasteiger partial charge on any atom is -0.375 e. The van der Waals surface area contributed by atoms with Crippen LogP contribution in [-0.2, 0) is 10.4 Å². The molecule has 0 saturated heterocycles. The van der Waals surface area contributed by atoms with Crippen LogP contribution in [0.2, 0.25) is 0 Å². The van der Waals surface area contributed by atoms with Crippen molar-refractivity contribution in [3.63, 3.8) is 0 Å². The van der Waals surface area contributed by atoms with Crippen molar-refractivity contribution < 1.29 is 9.90 Å². The molecule has 0 radical (unpaired) electrons. The van der Waals surface area contributed by atoms with E-state index in [1.54, 1.807) is 14.0 Å². The van der Waals surface area contributed by atoms with Crippen LogP contribution in [0.5, 0.6) is 0 Å². The van der Waals surface area contributed by atoms with Crippen LogP contribution in [0, 0.1) is 6.92 Å². The van der Waals surface area contributed by atoms with Crippen molar-refractivity contribution in [2.45, 2.75) is 19.4 Å². The van der Waals surface area contributed by atoms with E-state index in [4.69, 9.17) is 0 Å². The molecule has 1 heterocycles. The molecule has 0 spiro atoms. The Bertz CT molecular complexity index is 410. The van der Waals surface area contributed by atoms with Crippen LogP contribution in [0.25, 0.3) is 0 Å². The standard InChI is InChI=1S/C11H13NO2/c1-7-5-4-6-8-9(7)11(2,14)10(13)12(8)3/h4-6,14H,1-3H3. The number of carbonyl (C=O) groups excluding carboxylic acids is 1. The van der Waals surface area contributed by atoms with E-state index in [1.165, 1.54) is 4.90 Å². The predicted octanol–water partition coefficient (Wildman–Crippen LogP) is 1.18. The molecule has 1 aromatic rings. The zero-order chi connectivity index (χ0) is 10.5. The van der Waals surface area contributed by atoms with Crippen LogP contribution in [0.15, 0.2) is 18.2 Å². The van der Waals surface area contributed by atoms with Crippen molar-refractivity contribution >= 4 is 11.6 Å². The van der Waals surface area contributed by atoms with Crippen molar-refractivity contribution in [1.29, 1.82) is 0 Å². The van der Waals surface area contributed by atoms with Gasteiger partial charge in [0, 0.05) is 12.6 Å². The Hall–Kier alpha value is -1.35. The van der Waals surface area contributed by atoms with Gasteiger partial charge in [-0.2, -0.15) is 0 Å². The van der Waals surface area contributed by atoms with Crippen molar-refractivity contribution in [2.24, 2.45) is 0 Å². The van der Waals surface area contributed by atoms with Gasteiger partial charge in [-0.15, -0.1) is 0 Å². The minimum atomic E-state index is -1.37. The summed E-state index contributed by atoms with van der Waals surface area (Å²) in [5, 5.41) is 10.1. The zero-order valence-corrected chi connectivity index (χ0v) is 8.53. The Balaban J connectivity index is 2.75. The highest BCUT2D eigenvalue weighted by Gasteiger charge is 2.45. The summed E-state index contributed by atoms with van der Waals surface area (Å²) in [4.78, 5) is 13.2. The number of rotatable bonds is 0. The van der Waals surface area contributed by atoms with Crippen LogP contribution in [0.1, 0.15) is 18.1 Å². The monoisotopic (exact) mass is 191 g/mol. The molecular formula is C11H13NO2. The molecule has 2 rings (SSSR count). The molecule has 3 nitrogen and oxygen atoms in total. The van der Waals surface area contributed by atoms with Gasteiger partial charge >= 0.3 is 0 Å².